The Morgan fingerprint density at radius 2 is 2.35 bits per heavy atom. The van der Waals surface area contributed by atoms with Crippen molar-refractivity contribution in [3.63, 3.8) is 0 Å². The van der Waals surface area contributed by atoms with Crippen LogP contribution < -0.4 is 0 Å². The highest BCUT2D eigenvalue weighted by atomic mass is 32.1. The number of carboxylic acid groups (broad SMARTS) is 1. The summed E-state index contributed by atoms with van der Waals surface area (Å²) in [5.74, 6) is -1.25. The van der Waals surface area contributed by atoms with Crippen molar-refractivity contribution in [2.24, 2.45) is 5.92 Å². The van der Waals surface area contributed by atoms with E-state index in [9.17, 15) is 9.59 Å². The van der Waals surface area contributed by atoms with Crippen LogP contribution in [0.1, 0.15) is 23.4 Å². The highest BCUT2D eigenvalue weighted by molar-refractivity contribution is 7.09. The molecule has 1 aromatic rings. The summed E-state index contributed by atoms with van der Waals surface area (Å²) in [5, 5.41) is 9.06. The summed E-state index contributed by atoms with van der Waals surface area (Å²) in [6.07, 6.45) is 1.40. The van der Waals surface area contributed by atoms with Gasteiger partial charge in [-0.2, -0.15) is 0 Å². The van der Waals surface area contributed by atoms with Gasteiger partial charge in [0.1, 0.15) is 0 Å². The molecule has 0 saturated carbocycles. The van der Waals surface area contributed by atoms with E-state index in [0.29, 0.717) is 26.1 Å². The predicted molar refractivity (Wildman–Crippen MR) is 75.6 cm³/mol. The van der Waals surface area contributed by atoms with Crippen molar-refractivity contribution in [3.05, 3.63) is 16.1 Å². The zero-order valence-corrected chi connectivity index (χ0v) is 12.5. The molecule has 1 aliphatic rings. The molecule has 0 unspecified atom stereocenters. The lowest BCUT2D eigenvalue weighted by molar-refractivity contribution is -0.143. The number of thiazole rings is 1. The number of urea groups is 1. The molecular weight excluding hydrogens is 278 g/mol. The van der Waals surface area contributed by atoms with E-state index in [1.54, 1.807) is 22.4 Å². The van der Waals surface area contributed by atoms with Gasteiger partial charge < -0.3 is 14.9 Å². The number of hydrogen-bond acceptors (Lipinski definition) is 4. The summed E-state index contributed by atoms with van der Waals surface area (Å²) >= 11 is 1.53. The third-order valence-electron chi connectivity index (χ3n) is 3.59. The van der Waals surface area contributed by atoms with Gasteiger partial charge in [0.2, 0.25) is 0 Å². The van der Waals surface area contributed by atoms with Crippen LogP contribution in [0, 0.1) is 12.8 Å². The molecule has 1 N–H and O–H groups in total. The fourth-order valence-corrected chi connectivity index (χ4v) is 3.18. The first-order valence-corrected chi connectivity index (χ1v) is 7.48. The zero-order chi connectivity index (χ0) is 14.7. The summed E-state index contributed by atoms with van der Waals surface area (Å²) in [5.41, 5.74) is 2.71. The Bertz CT molecular complexity index is 503. The summed E-state index contributed by atoms with van der Waals surface area (Å²) in [7, 11) is 1.74. The Kier molecular flexibility index (Phi) is 4.59. The van der Waals surface area contributed by atoms with Crippen molar-refractivity contribution in [3.8, 4) is 0 Å². The van der Waals surface area contributed by atoms with Crippen LogP contribution in [0.15, 0.2) is 5.51 Å². The largest absolute Gasteiger partial charge is 0.481 e. The number of amides is 2. The van der Waals surface area contributed by atoms with Gasteiger partial charge in [0.25, 0.3) is 0 Å². The molecule has 1 fully saturated rings. The van der Waals surface area contributed by atoms with Crippen LogP contribution in [-0.4, -0.2) is 52.0 Å². The van der Waals surface area contributed by atoms with Crippen molar-refractivity contribution < 1.29 is 14.7 Å². The minimum atomic E-state index is -0.816. The zero-order valence-electron chi connectivity index (χ0n) is 11.7. The minimum absolute atomic E-state index is 0.108. The van der Waals surface area contributed by atoms with Crippen LogP contribution in [0.5, 0.6) is 0 Å². The molecule has 0 spiro atoms. The fraction of sp³-hybridized carbons (Fsp3) is 0.615. The van der Waals surface area contributed by atoms with E-state index >= 15 is 0 Å². The third kappa shape index (κ3) is 3.27. The van der Waals surface area contributed by atoms with Crippen LogP contribution in [0.3, 0.4) is 0 Å². The maximum atomic E-state index is 12.3. The molecule has 0 radical (unpaired) electrons. The molecular formula is C13H19N3O3S. The summed E-state index contributed by atoms with van der Waals surface area (Å²) in [6, 6.07) is -0.108. The van der Waals surface area contributed by atoms with E-state index < -0.39 is 11.9 Å². The van der Waals surface area contributed by atoms with Gasteiger partial charge in [-0.25, -0.2) is 9.78 Å². The number of aryl methyl sites for hydroxylation is 1. The van der Waals surface area contributed by atoms with Gasteiger partial charge in [0.05, 0.1) is 23.7 Å². The first-order chi connectivity index (χ1) is 9.49. The minimum Gasteiger partial charge on any atom is -0.481 e. The molecule has 110 valence electrons. The van der Waals surface area contributed by atoms with Crippen LogP contribution in [0.2, 0.25) is 0 Å². The monoisotopic (exact) mass is 297 g/mol. The summed E-state index contributed by atoms with van der Waals surface area (Å²) in [6.45, 7) is 3.38. The average Bonchev–Trinajstić information content (AvgIpc) is 2.83. The first kappa shape index (κ1) is 14.8. The number of aromatic nitrogens is 1. The van der Waals surface area contributed by atoms with Gasteiger partial charge in [-0.1, -0.05) is 0 Å². The molecule has 1 aromatic heterocycles. The molecule has 1 atom stereocenters. The highest BCUT2D eigenvalue weighted by Crippen LogP contribution is 2.19. The average molecular weight is 297 g/mol. The van der Waals surface area contributed by atoms with Crippen molar-refractivity contribution >= 4 is 23.3 Å². The lowest BCUT2D eigenvalue weighted by Crippen LogP contribution is -2.47. The molecule has 7 heteroatoms. The number of hydrogen-bond donors (Lipinski definition) is 1. The Morgan fingerprint density at radius 1 is 1.60 bits per heavy atom. The van der Waals surface area contributed by atoms with Gasteiger partial charge in [0, 0.05) is 25.0 Å². The molecule has 1 saturated heterocycles. The van der Waals surface area contributed by atoms with E-state index in [-0.39, 0.29) is 6.03 Å². The predicted octanol–water partition coefficient (Wildman–Crippen LogP) is 1.80. The van der Waals surface area contributed by atoms with Gasteiger partial charge in [-0.15, -0.1) is 11.3 Å². The third-order valence-corrected chi connectivity index (χ3v) is 4.51. The van der Waals surface area contributed by atoms with Gasteiger partial charge >= 0.3 is 12.0 Å². The summed E-state index contributed by atoms with van der Waals surface area (Å²) in [4.78, 5) is 31.9. The van der Waals surface area contributed by atoms with E-state index in [4.69, 9.17) is 5.11 Å². The number of piperidine rings is 1. The van der Waals surface area contributed by atoms with Crippen LogP contribution in [-0.2, 0) is 11.3 Å². The maximum absolute atomic E-state index is 12.3. The number of nitrogens with zero attached hydrogens (tertiary/aromatic N) is 3. The number of likely N-dealkylation sites (tertiary alicyclic amines) is 1. The standard InChI is InChI=1S/C13H19N3O3S/c1-9-11(20-8-14-9)7-15(2)13(19)16-5-3-4-10(6-16)12(17)18/h8,10H,3-7H2,1-2H3,(H,17,18)/t10-/m1/s1. The van der Waals surface area contributed by atoms with Crippen LogP contribution in [0.4, 0.5) is 4.79 Å². The normalized spacial score (nSPS) is 18.9. The van der Waals surface area contributed by atoms with Gasteiger partial charge in [-0.3, -0.25) is 4.79 Å². The van der Waals surface area contributed by atoms with E-state index in [1.165, 1.54) is 11.3 Å². The number of carboxylic acids is 1. The lowest BCUT2D eigenvalue weighted by atomic mass is 9.99. The lowest BCUT2D eigenvalue weighted by Gasteiger charge is -2.33. The Labute approximate surface area is 122 Å². The van der Waals surface area contributed by atoms with Gasteiger partial charge in [0.15, 0.2) is 0 Å². The van der Waals surface area contributed by atoms with Crippen LogP contribution in [0.25, 0.3) is 0 Å². The van der Waals surface area contributed by atoms with E-state index in [0.717, 1.165) is 17.0 Å². The Hall–Kier alpha value is -1.63. The van der Waals surface area contributed by atoms with Crippen LogP contribution >= 0.6 is 11.3 Å². The number of aliphatic carboxylic acids is 1. The number of rotatable bonds is 3. The second-order valence-corrected chi connectivity index (χ2v) is 6.06. The quantitative estimate of drug-likeness (QED) is 0.923. The molecule has 2 heterocycles. The molecule has 2 rings (SSSR count). The number of carbonyl (C=O) groups is 2. The fourth-order valence-electron chi connectivity index (χ4n) is 2.35. The molecule has 0 aromatic carbocycles. The Morgan fingerprint density at radius 3 is 2.95 bits per heavy atom. The molecule has 20 heavy (non-hydrogen) atoms. The van der Waals surface area contributed by atoms with E-state index in [1.807, 2.05) is 6.92 Å². The topological polar surface area (TPSA) is 73.7 Å². The van der Waals surface area contributed by atoms with Crippen molar-refractivity contribution in [1.29, 1.82) is 0 Å². The Balaban J connectivity index is 1.96. The van der Waals surface area contributed by atoms with Crippen molar-refractivity contribution in [1.82, 2.24) is 14.8 Å². The maximum Gasteiger partial charge on any atom is 0.320 e. The summed E-state index contributed by atoms with van der Waals surface area (Å²) < 4.78 is 0. The number of carbonyl (C=O) groups excluding carboxylic acids is 1. The van der Waals surface area contributed by atoms with E-state index in [2.05, 4.69) is 4.98 Å². The molecule has 2 amide bonds. The molecule has 0 bridgehead atoms. The molecule has 1 aliphatic heterocycles. The van der Waals surface area contributed by atoms with Crippen molar-refractivity contribution in [2.45, 2.75) is 26.3 Å². The second kappa shape index (κ2) is 6.21. The highest BCUT2D eigenvalue weighted by Gasteiger charge is 2.29. The SMILES string of the molecule is Cc1ncsc1CN(C)C(=O)N1CCC[C@@H](C(=O)O)C1. The second-order valence-electron chi connectivity index (χ2n) is 5.12. The van der Waals surface area contributed by atoms with Gasteiger partial charge in [-0.05, 0) is 19.8 Å². The first-order valence-electron chi connectivity index (χ1n) is 6.61. The molecule has 0 aliphatic carbocycles. The van der Waals surface area contributed by atoms with Crippen molar-refractivity contribution in [2.75, 3.05) is 20.1 Å². The smallest absolute Gasteiger partial charge is 0.320 e. The molecule has 6 nitrogen and oxygen atoms in total.